The van der Waals surface area contributed by atoms with Gasteiger partial charge in [0, 0.05) is 55.2 Å². The molecule has 1 unspecified atom stereocenters. The van der Waals surface area contributed by atoms with Crippen molar-refractivity contribution >= 4 is 26.8 Å². The number of hydrogen-bond donors (Lipinski definition) is 4. The lowest BCUT2D eigenvalue weighted by Crippen LogP contribution is -2.76. The zero-order valence-electron chi connectivity index (χ0n) is 26.8. The Bertz CT molecular complexity index is 1800. The van der Waals surface area contributed by atoms with Gasteiger partial charge in [-0.05, 0) is 82.1 Å². The molecule has 0 amide bonds. The average molecular weight is 679 g/mol. The molecule has 7 nitrogen and oxygen atoms in total. The predicted molar refractivity (Wildman–Crippen MR) is 172 cm³/mol. The van der Waals surface area contributed by atoms with Crippen LogP contribution in [0.3, 0.4) is 0 Å². The fourth-order valence-electron chi connectivity index (χ4n) is 12.9. The predicted octanol–water partition coefficient (Wildman–Crippen LogP) is 5.77. The van der Waals surface area contributed by atoms with Crippen LogP contribution >= 0.6 is 15.9 Å². The summed E-state index contributed by atoms with van der Waals surface area (Å²) in [6.45, 7) is 19.3. The molecule has 45 heavy (non-hydrogen) atoms. The van der Waals surface area contributed by atoms with Crippen molar-refractivity contribution in [1.29, 1.82) is 0 Å². The first-order valence-electron chi connectivity index (χ1n) is 16.9. The van der Waals surface area contributed by atoms with Crippen molar-refractivity contribution in [1.82, 2.24) is 4.98 Å². The van der Waals surface area contributed by atoms with Crippen LogP contribution in [0.4, 0.5) is 0 Å². The topological polar surface area (TPSA) is 107 Å². The zero-order valence-corrected chi connectivity index (χ0v) is 28.4. The molecule has 1 aromatic carbocycles. The number of aliphatic hydroxyl groups excluding tert-OH is 1. The van der Waals surface area contributed by atoms with Gasteiger partial charge in [0.1, 0.15) is 29.5 Å². The molecule has 8 heteroatoms. The minimum absolute atomic E-state index is 0.0124. The third kappa shape index (κ3) is 2.67. The van der Waals surface area contributed by atoms with E-state index < -0.39 is 51.5 Å². The largest absolute Gasteiger partial charge is 0.387 e. The number of halogens is 1. The SMILES string of the molecule is C=C(C)[C@H]1O[C@H]2CC[C@]3(C)[C@@]4(C)c5[nH]c6cc(Br)c7c8c6c5[C@@H](OC(C)(C)[C@H]5C[C@H](C(=C)C7)[C@]85O)[C@@H]4CC[C@@]3(O)C23O[C@@H]3[C@H]1O. The number of aromatic amines is 1. The summed E-state index contributed by atoms with van der Waals surface area (Å²) >= 11 is 3.91. The highest BCUT2D eigenvalue weighted by Gasteiger charge is 2.87. The fourth-order valence-corrected chi connectivity index (χ4v) is 13.5. The molecule has 13 atom stereocenters. The second-order valence-corrected chi connectivity index (χ2v) is 17.8. The lowest BCUT2D eigenvalue weighted by atomic mass is 9.40. The van der Waals surface area contributed by atoms with Crippen LogP contribution < -0.4 is 0 Å². The van der Waals surface area contributed by atoms with Crippen LogP contribution in [0, 0.1) is 23.2 Å². The maximum atomic E-state index is 13.2. The van der Waals surface area contributed by atoms with E-state index in [1.54, 1.807) is 0 Å². The monoisotopic (exact) mass is 677 g/mol. The molecule has 1 spiro atoms. The normalized spacial score (nSPS) is 52.5. The Morgan fingerprint density at radius 2 is 1.87 bits per heavy atom. The van der Waals surface area contributed by atoms with Gasteiger partial charge in [-0.15, -0.1) is 0 Å². The Kier molecular flexibility index (Phi) is 4.97. The van der Waals surface area contributed by atoms with Crippen LogP contribution in [0.5, 0.6) is 0 Å². The molecule has 0 bridgehead atoms. The molecular weight excluding hydrogens is 634 g/mol. The van der Waals surface area contributed by atoms with Crippen LogP contribution in [0.25, 0.3) is 10.9 Å². The van der Waals surface area contributed by atoms with E-state index in [-0.39, 0.29) is 30.0 Å². The van der Waals surface area contributed by atoms with Crippen LogP contribution in [-0.4, -0.2) is 61.5 Å². The number of hydrogen-bond acceptors (Lipinski definition) is 6. The van der Waals surface area contributed by atoms with Gasteiger partial charge in [0.2, 0.25) is 0 Å². The zero-order chi connectivity index (χ0) is 31.6. The molecule has 8 aliphatic rings. The number of aliphatic hydroxyl groups is 3. The number of fused-ring (bicyclic) bond motifs is 5. The highest BCUT2D eigenvalue weighted by Crippen LogP contribution is 2.78. The molecule has 4 N–H and O–H groups in total. The third-order valence-corrected chi connectivity index (χ3v) is 15.9. The average Bonchev–Trinajstić information content (AvgIpc) is 3.55. The highest BCUT2D eigenvalue weighted by molar-refractivity contribution is 9.10. The van der Waals surface area contributed by atoms with Crippen LogP contribution in [0.1, 0.15) is 95.2 Å². The number of H-pyrrole nitrogens is 1. The van der Waals surface area contributed by atoms with Gasteiger partial charge in [-0.25, -0.2) is 0 Å². The van der Waals surface area contributed by atoms with E-state index in [9.17, 15) is 15.3 Å². The van der Waals surface area contributed by atoms with Crippen molar-refractivity contribution in [2.45, 2.75) is 131 Å². The Morgan fingerprint density at radius 1 is 1.11 bits per heavy atom. The fraction of sp³-hybridized carbons (Fsp3) is 0.676. The van der Waals surface area contributed by atoms with Gasteiger partial charge in [0.05, 0.1) is 17.8 Å². The van der Waals surface area contributed by atoms with Gasteiger partial charge in [0.25, 0.3) is 0 Å². The van der Waals surface area contributed by atoms with E-state index in [4.69, 9.17) is 14.2 Å². The van der Waals surface area contributed by atoms with Gasteiger partial charge in [-0.1, -0.05) is 48.5 Å². The van der Waals surface area contributed by atoms with Gasteiger partial charge in [-0.2, -0.15) is 0 Å². The van der Waals surface area contributed by atoms with E-state index in [2.05, 4.69) is 67.8 Å². The summed E-state index contributed by atoms with van der Waals surface area (Å²) in [5.41, 5.74) is 2.48. The number of benzene rings is 1. The summed E-state index contributed by atoms with van der Waals surface area (Å²) in [6.07, 6.45) is 2.07. The first kappa shape index (κ1) is 28.5. The second kappa shape index (κ2) is 7.85. The lowest BCUT2D eigenvalue weighted by Gasteiger charge is -2.66. The van der Waals surface area contributed by atoms with Crippen molar-refractivity contribution in [2.24, 2.45) is 23.2 Å². The van der Waals surface area contributed by atoms with E-state index in [1.807, 2.05) is 6.92 Å². The van der Waals surface area contributed by atoms with Crippen molar-refractivity contribution in [3.8, 4) is 0 Å². The van der Waals surface area contributed by atoms with Gasteiger partial charge in [-0.3, -0.25) is 0 Å². The quantitative estimate of drug-likeness (QED) is 0.226. The van der Waals surface area contributed by atoms with Crippen LogP contribution in [0.15, 0.2) is 34.8 Å². The summed E-state index contributed by atoms with van der Waals surface area (Å²) in [4.78, 5) is 3.92. The smallest absolute Gasteiger partial charge is 0.153 e. The summed E-state index contributed by atoms with van der Waals surface area (Å²) in [5.74, 6) is 0.0728. The van der Waals surface area contributed by atoms with Gasteiger partial charge in [0.15, 0.2) is 5.60 Å². The molecule has 5 fully saturated rings. The molecule has 2 aromatic rings. The third-order valence-electron chi connectivity index (χ3n) is 15.2. The van der Waals surface area contributed by atoms with E-state index in [0.29, 0.717) is 6.42 Å². The number of epoxide rings is 1. The summed E-state index contributed by atoms with van der Waals surface area (Å²) in [7, 11) is 0. The summed E-state index contributed by atoms with van der Waals surface area (Å²) < 4.78 is 21.4. The first-order valence-corrected chi connectivity index (χ1v) is 17.7. The molecule has 4 heterocycles. The number of rotatable bonds is 1. The molecule has 3 aliphatic heterocycles. The Balaban J connectivity index is 1.21. The molecule has 240 valence electrons. The summed E-state index contributed by atoms with van der Waals surface area (Å²) in [6, 6.07) is 2.18. The van der Waals surface area contributed by atoms with Crippen molar-refractivity contribution in [2.75, 3.05) is 0 Å². The van der Waals surface area contributed by atoms with Crippen molar-refractivity contribution in [3.63, 3.8) is 0 Å². The number of aromatic nitrogens is 1. The van der Waals surface area contributed by atoms with Gasteiger partial charge < -0.3 is 34.5 Å². The highest BCUT2D eigenvalue weighted by atomic mass is 79.9. The first-order chi connectivity index (χ1) is 21.1. The second-order valence-electron chi connectivity index (χ2n) is 17.0. The maximum absolute atomic E-state index is 13.2. The minimum atomic E-state index is -1.22. The van der Waals surface area contributed by atoms with E-state index in [1.165, 1.54) is 5.56 Å². The number of nitrogens with one attached hydrogen (secondary N) is 1. The lowest BCUT2D eigenvalue weighted by molar-refractivity contribution is -0.281. The van der Waals surface area contributed by atoms with Crippen molar-refractivity contribution in [3.05, 3.63) is 57.2 Å². The Morgan fingerprint density at radius 3 is 2.60 bits per heavy atom. The van der Waals surface area contributed by atoms with E-state index in [0.717, 1.165) is 75.4 Å². The van der Waals surface area contributed by atoms with Gasteiger partial charge >= 0.3 is 0 Å². The molecule has 10 rings (SSSR count). The van der Waals surface area contributed by atoms with Crippen LogP contribution in [0.2, 0.25) is 0 Å². The standard InChI is InChI=1S/C37H44BrNO6/c1-15(2)28-27(40)31-37(45-31)23(43-28)9-10-33(6)34(7)18(8-11-35(33,37)41)29-25-24-21(39-30(25)34)14-20(38)17-12-16(3)19-13-22(32(4,5)44-29)36(19,42)26(17)24/h14,18-19,22-23,27-29,31,39-42H,1,3,8-13H2,2,4-7H3/t18-,19+,22+,23-,27-,28+,29-,31+,33+,34+,35-,36+,37?/m0/s1. The number of ether oxygens (including phenoxy) is 3. The summed E-state index contributed by atoms with van der Waals surface area (Å²) in [5, 5.41) is 38.6. The minimum Gasteiger partial charge on any atom is -0.387 e. The molecule has 3 saturated carbocycles. The molecule has 2 saturated heterocycles. The molecule has 5 aliphatic carbocycles. The Labute approximate surface area is 272 Å². The molecular formula is C37H44BrNO6. The van der Waals surface area contributed by atoms with Crippen LogP contribution in [-0.2, 0) is 31.6 Å². The molecule has 1 aromatic heterocycles. The van der Waals surface area contributed by atoms with Crippen molar-refractivity contribution < 1.29 is 29.5 Å². The Hall–Kier alpha value is -1.52. The maximum Gasteiger partial charge on any atom is 0.153 e. The molecule has 0 radical (unpaired) electrons. The van der Waals surface area contributed by atoms with E-state index >= 15 is 0 Å².